The first kappa shape index (κ1) is 14.0. The van der Waals surface area contributed by atoms with E-state index >= 15 is 0 Å². The molecule has 1 heterocycles. The lowest BCUT2D eigenvalue weighted by molar-refractivity contribution is -0.145. The Morgan fingerprint density at radius 2 is 2.00 bits per heavy atom. The van der Waals surface area contributed by atoms with Gasteiger partial charge in [-0.2, -0.15) is 0 Å². The van der Waals surface area contributed by atoms with Gasteiger partial charge in [0.25, 0.3) is 0 Å². The zero-order chi connectivity index (χ0) is 13.4. The molecule has 0 aromatic carbocycles. The van der Waals surface area contributed by atoms with Crippen LogP contribution in [-0.4, -0.2) is 46.1 Å². The predicted octanol–water partition coefficient (Wildman–Crippen LogP) is 0.696. The maximum Gasteiger partial charge on any atom is 0.309 e. The first-order chi connectivity index (χ1) is 7.55. The monoisotopic (exact) mass is 242 g/mol. The van der Waals surface area contributed by atoms with E-state index in [-0.39, 0.29) is 18.0 Å². The highest BCUT2D eigenvalue weighted by Gasteiger charge is 2.42. The van der Waals surface area contributed by atoms with Gasteiger partial charge in [-0.3, -0.25) is 9.59 Å². The van der Waals surface area contributed by atoms with E-state index in [1.54, 1.807) is 18.7 Å². The van der Waals surface area contributed by atoms with Crippen LogP contribution in [0.5, 0.6) is 0 Å². The van der Waals surface area contributed by atoms with Crippen molar-refractivity contribution >= 4 is 11.9 Å². The molecule has 1 unspecified atom stereocenters. The Hall–Kier alpha value is -1.10. The Labute approximate surface area is 102 Å². The summed E-state index contributed by atoms with van der Waals surface area (Å²) in [4.78, 5) is 25.1. The Kier molecular flexibility index (Phi) is 3.52. The number of hydrogen-bond acceptors (Lipinski definition) is 3. The Morgan fingerprint density at radius 3 is 2.41 bits per heavy atom. The summed E-state index contributed by atoms with van der Waals surface area (Å²) in [5, 5.41) is 12.2. The number of carbonyl (C=O) groups excluding carboxylic acids is 1. The molecule has 0 aliphatic carbocycles. The number of nitrogens with zero attached hydrogens (tertiary/aromatic N) is 1. The lowest BCUT2D eigenvalue weighted by Crippen LogP contribution is -2.56. The van der Waals surface area contributed by atoms with E-state index in [0.717, 1.165) is 0 Å². The zero-order valence-electron chi connectivity index (χ0n) is 11.2. The Balaban J connectivity index is 3.06. The molecular formula is C12H22N2O3. The summed E-state index contributed by atoms with van der Waals surface area (Å²) >= 11 is 0. The molecule has 0 saturated carbocycles. The highest BCUT2D eigenvalue weighted by atomic mass is 16.4. The van der Waals surface area contributed by atoms with E-state index in [1.807, 2.05) is 20.8 Å². The van der Waals surface area contributed by atoms with Crippen LogP contribution < -0.4 is 5.32 Å². The summed E-state index contributed by atoms with van der Waals surface area (Å²) in [6.45, 7) is 9.92. The highest BCUT2D eigenvalue weighted by Crippen LogP contribution is 2.23. The molecular weight excluding hydrogens is 220 g/mol. The van der Waals surface area contributed by atoms with E-state index in [2.05, 4.69) is 5.32 Å². The van der Waals surface area contributed by atoms with Crippen LogP contribution in [0.4, 0.5) is 0 Å². The van der Waals surface area contributed by atoms with Gasteiger partial charge in [0.2, 0.25) is 5.91 Å². The van der Waals surface area contributed by atoms with Crippen LogP contribution in [0.3, 0.4) is 0 Å². The Morgan fingerprint density at radius 1 is 1.47 bits per heavy atom. The molecule has 1 saturated heterocycles. The van der Waals surface area contributed by atoms with E-state index in [4.69, 9.17) is 5.11 Å². The largest absolute Gasteiger partial charge is 0.481 e. The van der Waals surface area contributed by atoms with Crippen LogP contribution in [0.25, 0.3) is 0 Å². The van der Waals surface area contributed by atoms with Crippen LogP contribution >= 0.6 is 0 Å². The van der Waals surface area contributed by atoms with E-state index < -0.39 is 17.4 Å². The molecule has 5 heteroatoms. The second kappa shape index (κ2) is 4.29. The van der Waals surface area contributed by atoms with Crippen molar-refractivity contribution < 1.29 is 14.7 Å². The third kappa shape index (κ3) is 2.97. The van der Waals surface area contributed by atoms with Crippen LogP contribution in [0.2, 0.25) is 0 Å². The average Bonchev–Trinajstić information content (AvgIpc) is 2.24. The van der Waals surface area contributed by atoms with Gasteiger partial charge in [0.05, 0.1) is 11.5 Å². The van der Waals surface area contributed by atoms with Gasteiger partial charge in [0, 0.05) is 18.6 Å². The van der Waals surface area contributed by atoms with Gasteiger partial charge >= 0.3 is 5.97 Å². The smallest absolute Gasteiger partial charge is 0.309 e. The number of hydrogen-bond donors (Lipinski definition) is 2. The molecule has 5 nitrogen and oxygen atoms in total. The molecule has 1 fully saturated rings. The van der Waals surface area contributed by atoms with E-state index in [9.17, 15) is 9.59 Å². The van der Waals surface area contributed by atoms with Crippen molar-refractivity contribution in [3.63, 3.8) is 0 Å². The van der Waals surface area contributed by atoms with Gasteiger partial charge in [-0.1, -0.05) is 0 Å². The first-order valence-electron chi connectivity index (χ1n) is 5.85. The average molecular weight is 242 g/mol. The van der Waals surface area contributed by atoms with Gasteiger partial charge in [-0.25, -0.2) is 0 Å². The molecule has 0 aromatic heterocycles. The molecule has 1 aliphatic heterocycles. The summed E-state index contributed by atoms with van der Waals surface area (Å²) < 4.78 is 0. The van der Waals surface area contributed by atoms with Crippen molar-refractivity contribution in [1.29, 1.82) is 0 Å². The molecule has 1 rings (SSSR count). The van der Waals surface area contributed by atoms with Crippen LogP contribution in [-0.2, 0) is 9.59 Å². The fourth-order valence-corrected chi connectivity index (χ4v) is 1.90. The van der Waals surface area contributed by atoms with Gasteiger partial charge in [0.1, 0.15) is 0 Å². The number of rotatable bonds is 1. The molecule has 1 aliphatic rings. The lowest BCUT2D eigenvalue weighted by Gasteiger charge is -2.39. The fraction of sp³-hybridized carbons (Fsp3) is 0.833. The van der Waals surface area contributed by atoms with Crippen LogP contribution in [0.15, 0.2) is 0 Å². The quantitative estimate of drug-likeness (QED) is 0.710. The van der Waals surface area contributed by atoms with Crippen molar-refractivity contribution in [3.8, 4) is 0 Å². The van der Waals surface area contributed by atoms with Crippen molar-refractivity contribution in [2.24, 2.45) is 5.92 Å². The number of aliphatic carboxylic acids is 1. The maximum absolute atomic E-state index is 12.4. The fourth-order valence-electron chi connectivity index (χ4n) is 1.90. The number of carbonyl (C=O) groups is 2. The molecule has 17 heavy (non-hydrogen) atoms. The number of carboxylic acids is 1. The number of amides is 1. The standard InChI is InChI=1S/C12H22N2O3/c1-11(2,3)14-7-8(9(15)16)6-13-12(4,5)10(14)17/h8,13H,6-7H2,1-5H3,(H,15,16). The number of carboxylic acid groups (broad SMARTS) is 1. The van der Waals surface area contributed by atoms with Crippen molar-refractivity contribution in [1.82, 2.24) is 10.2 Å². The molecule has 98 valence electrons. The summed E-state index contributed by atoms with van der Waals surface area (Å²) in [5.41, 5.74) is -1.08. The summed E-state index contributed by atoms with van der Waals surface area (Å²) in [6, 6.07) is 0. The SMILES string of the molecule is CC1(C)NCC(C(=O)O)CN(C(C)(C)C)C1=O. The van der Waals surface area contributed by atoms with Crippen LogP contribution in [0.1, 0.15) is 34.6 Å². The van der Waals surface area contributed by atoms with E-state index in [0.29, 0.717) is 6.54 Å². The Bertz CT molecular complexity index is 331. The minimum Gasteiger partial charge on any atom is -0.481 e. The molecule has 1 amide bonds. The van der Waals surface area contributed by atoms with E-state index in [1.165, 1.54) is 0 Å². The minimum absolute atomic E-state index is 0.0475. The topological polar surface area (TPSA) is 69.6 Å². The molecule has 0 bridgehead atoms. The molecule has 2 N–H and O–H groups in total. The van der Waals surface area contributed by atoms with Crippen LogP contribution in [0, 0.1) is 5.92 Å². The van der Waals surface area contributed by atoms with Crippen molar-refractivity contribution in [2.45, 2.75) is 45.7 Å². The second-order valence-electron chi connectivity index (χ2n) is 6.13. The second-order valence-corrected chi connectivity index (χ2v) is 6.13. The third-order valence-electron chi connectivity index (χ3n) is 3.13. The zero-order valence-corrected chi connectivity index (χ0v) is 11.2. The normalized spacial score (nSPS) is 25.6. The summed E-state index contributed by atoms with van der Waals surface area (Å²) in [6.07, 6.45) is 0. The first-order valence-corrected chi connectivity index (χ1v) is 5.85. The summed E-state index contributed by atoms with van der Waals surface area (Å²) in [7, 11) is 0. The molecule has 1 atom stereocenters. The van der Waals surface area contributed by atoms with Gasteiger partial charge in [0.15, 0.2) is 0 Å². The lowest BCUT2D eigenvalue weighted by atomic mass is 9.98. The summed E-state index contributed by atoms with van der Waals surface area (Å²) in [5.74, 6) is -1.47. The predicted molar refractivity (Wildman–Crippen MR) is 64.7 cm³/mol. The maximum atomic E-state index is 12.4. The minimum atomic E-state index is -0.864. The molecule has 0 spiro atoms. The van der Waals surface area contributed by atoms with Crippen molar-refractivity contribution in [2.75, 3.05) is 13.1 Å². The van der Waals surface area contributed by atoms with Gasteiger partial charge in [-0.15, -0.1) is 0 Å². The molecule has 0 aromatic rings. The third-order valence-corrected chi connectivity index (χ3v) is 3.13. The highest BCUT2D eigenvalue weighted by molar-refractivity contribution is 5.87. The molecule has 0 radical (unpaired) electrons. The van der Waals surface area contributed by atoms with Gasteiger partial charge in [-0.05, 0) is 34.6 Å². The number of nitrogens with one attached hydrogen (secondary N) is 1. The van der Waals surface area contributed by atoms with Crippen molar-refractivity contribution in [3.05, 3.63) is 0 Å². The van der Waals surface area contributed by atoms with Gasteiger partial charge < -0.3 is 15.3 Å².